The SMILES string of the molecule is CC(C)(C)OC(=O)N1CCN(c2ccc(Nc3ncc4c(n3)N3CCN=C3C(c3ccc(Cl)cc3Cl)=C4)c(F)c2)CC1. The Hall–Kier alpha value is -3.89. The molecule has 3 aliphatic rings. The molecule has 0 spiro atoms. The van der Waals surface area contributed by atoms with E-state index in [1.165, 1.54) is 6.07 Å². The molecule has 1 saturated heterocycles. The van der Waals surface area contributed by atoms with Gasteiger partial charge < -0.3 is 24.8 Å². The lowest BCUT2D eigenvalue weighted by Gasteiger charge is -2.36. The molecular formula is C30H30Cl2FN7O2. The van der Waals surface area contributed by atoms with E-state index in [2.05, 4.69) is 10.3 Å². The third-order valence-corrected chi connectivity index (χ3v) is 7.70. The van der Waals surface area contributed by atoms with Crippen LogP contribution in [0, 0.1) is 5.82 Å². The van der Waals surface area contributed by atoms with E-state index >= 15 is 4.39 Å². The number of amidine groups is 1. The van der Waals surface area contributed by atoms with E-state index < -0.39 is 11.4 Å². The molecule has 1 amide bonds. The van der Waals surface area contributed by atoms with E-state index in [1.54, 1.807) is 29.3 Å². The number of fused-ring (bicyclic) bond motifs is 3. The van der Waals surface area contributed by atoms with E-state index in [9.17, 15) is 4.79 Å². The lowest BCUT2D eigenvalue weighted by atomic mass is 9.98. The number of anilines is 4. The molecular weight excluding hydrogens is 580 g/mol. The Morgan fingerprint density at radius 3 is 2.55 bits per heavy atom. The van der Waals surface area contributed by atoms with Gasteiger partial charge in [-0.05, 0) is 57.2 Å². The molecule has 0 radical (unpaired) electrons. The maximum atomic E-state index is 15.3. The Morgan fingerprint density at radius 1 is 1.05 bits per heavy atom. The first-order chi connectivity index (χ1) is 20.1. The molecule has 1 N–H and O–H groups in total. The molecule has 2 aromatic carbocycles. The molecule has 218 valence electrons. The highest BCUT2D eigenvalue weighted by Crippen LogP contribution is 2.38. The summed E-state index contributed by atoms with van der Waals surface area (Å²) in [6.45, 7) is 8.98. The van der Waals surface area contributed by atoms with E-state index in [1.807, 2.05) is 48.8 Å². The second-order valence-corrected chi connectivity index (χ2v) is 12.1. The fourth-order valence-electron chi connectivity index (χ4n) is 5.17. The number of hydrogen-bond acceptors (Lipinski definition) is 8. The zero-order valence-corrected chi connectivity index (χ0v) is 25.0. The fraction of sp³-hybridized carbons (Fsp3) is 0.333. The standard InChI is InChI=1S/C30H30Cl2FN7O2/c1-30(2,3)42-29(41)39-12-10-38(11-13-39)20-5-7-25(24(33)16-20)36-28-35-17-18-14-22(21-6-4-19(31)15-23(21)32)27-34-8-9-40(27)26(18)37-28/h4-7,14-17H,8-13H2,1-3H3,(H,35,36,37). The summed E-state index contributed by atoms with van der Waals surface area (Å²) in [5, 5.41) is 4.12. The highest BCUT2D eigenvalue weighted by molar-refractivity contribution is 6.41. The van der Waals surface area contributed by atoms with Gasteiger partial charge in [0, 0.05) is 66.3 Å². The number of halogens is 3. The number of carbonyl (C=O) groups excluding carboxylic acids is 1. The van der Waals surface area contributed by atoms with E-state index in [4.69, 9.17) is 37.9 Å². The highest BCUT2D eigenvalue weighted by atomic mass is 35.5. The van der Waals surface area contributed by atoms with Gasteiger partial charge in [0.1, 0.15) is 23.1 Å². The smallest absolute Gasteiger partial charge is 0.410 e. The van der Waals surface area contributed by atoms with Crippen molar-refractivity contribution in [3.05, 3.63) is 69.6 Å². The van der Waals surface area contributed by atoms with Crippen LogP contribution in [-0.2, 0) is 4.74 Å². The third-order valence-electron chi connectivity index (χ3n) is 7.15. The van der Waals surface area contributed by atoms with Gasteiger partial charge in [-0.15, -0.1) is 0 Å². The molecule has 1 fully saturated rings. The lowest BCUT2D eigenvalue weighted by molar-refractivity contribution is 0.0240. The summed E-state index contributed by atoms with van der Waals surface area (Å²) in [5.41, 5.74) is 2.97. The van der Waals surface area contributed by atoms with Crippen molar-refractivity contribution in [2.75, 3.05) is 54.4 Å². The average Bonchev–Trinajstić information content (AvgIpc) is 3.44. The molecule has 4 heterocycles. The average molecular weight is 611 g/mol. The van der Waals surface area contributed by atoms with Gasteiger partial charge in [-0.1, -0.05) is 29.3 Å². The Balaban J connectivity index is 1.17. The maximum absolute atomic E-state index is 15.3. The van der Waals surface area contributed by atoms with Gasteiger partial charge in [-0.3, -0.25) is 4.99 Å². The Kier molecular flexibility index (Phi) is 7.44. The van der Waals surface area contributed by atoms with Crippen LogP contribution in [0.1, 0.15) is 31.9 Å². The van der Waals surface area contributed by atoms with Gasteiger partial charge >= 0.3 is 6.09 Å². The van der Waals surface area contributed by atoms with Crippen LogP contribution in [0.4, 0.5) is 32.3 Å². The molecule has 0 aliphatic carbocycles. The van der Waals surface area contributed by atoms with Crippen LogP contribution in [-0.4, -0.2) is 71.7 Å². The molecule has 0 saturated carbocycles. The molecule has 0 bridgehead atoms. The van der Waals surface area contributed by atoms with Crippen LogP contribution < -0.4 is 15.1 Å². The number of aromatic nitrogens is 2. The number of ether oxygens (including phenoxy) is 1. The summed E-state index contributed by atoms with van der Waals surface area (Å²) in [6.07, 6.45) is 3.35. The minimum atomic E-state index is -0.544. The lowest BCUT2D eigenvalue weighted by Crippen LogP contribution is -2.50. The monoisotopic (exact) mass is 609 g/mol. The number of carbonyl (C=O) groups is 1. The molecule has 0 unspecified atom stereocenters. The number of rotatable bonds is 4. The number of piperazine rings is 1. The van der Waals surface area contributed by atoms with Crippen molar-refractivity contribution in [2.45, 2.75) is 26.4 Å². The first-order valence-electron chi connectivity index (χ1n) is 13.7. The molecule has 0 atom stereocenters. The third kappa shape index (κ3) is 5.73. The second-order valence-electron chi connectivity index (χ2n) is 11.3. The number of amides is 1. The van der Waals surface area contributed by atoms with E-state index in [0.717, 1.165) is 28.2 Å². The van der Waals surface area contributed by atoms with Gasteiger partial charge in [0.2, 0.25) is 5.95 Å². The number of nitrogens with one attached hydrogen (secondary N) is 1. The molecule has 3 aliphatic heterocycles. The maximum Gasteiger partial charge on any atom is 0.410 e. The van der Waals surface area contributed by atoms with Crippen LogP contribution in [0.3, 0.4) is 0 Å². The van der Waals surface area contributed by atoms with Gasteiger partial charge in [-0.25, -0.2) is 14.2 Å². The minimum Gasteiger partial charge on any atom is -0.444 e. The van der Waals surface area contributed by atoms with E-state index in [-0.39, 0.29) is 17.7 Å². The highest BCUT2D eigenvalue weighted by Gasteiger charge is 2.31. The molecule has 9 nitrogen and oxygen atoms in total. The van der Waals surface area contributed by atoms with Gasteiger partial charge in [0.05, 0.1) is 17.3 Å². The predicted molar refractivity (Wildman–Crippen MR) is 166 cm³/mol. The first kappa shape index (κ1) is 28.2. The minimum absolute atomic E-state index is 0.265. The van der Waals surface area contributed by atoms with Crippen molar-refractivity contribution >= 4 is 69.9 Å². The first-order valence-corrected chi connectivity index (χ1v) is 14.5. The summed E-state index contributed by atoms with van der Waals surface area (Å²) >= 11 is 12.6. The summed E-state index contributed by atoms with van der Waals surface area (Å²) < 4.78 is 20.7. The van der Waals surface area contributed by atoms with Crippen molar-refractivity contribution in [3.8, 4) is 0 Å². The molecule has 3 aromatic rings. The number of aliphatic imine (C=N–C) groups is 1. The fourth-order valence-corrected chi connectivity index (χ4v) is 5.68. The van der Waals surface area contributed by atoms with Crippen LogP contribution >= 0.6 is 23.2 Å². The summed E-state index contributed by atoms with van der Waals surface area (Å²) in [5.74, 6) is 1.32. The van der Waals surface area contributed by atoms with Crippen LogP contribution in [0.2, 0.25) is 10.0 Å². The van der Waals surface area contributed by atoms with Crippen LogP contribution in [0.25, 0.3) is 11.6 Å². The quantitative estimate of drug-likeness (QED) is 0.361. The van der Waals surface area contributed by atoms with Crippen molar-refractivity contribution in [1.29, 1.82) is 0 Å². The van der Waals surface area contributed by atoms with Crippen LogP contribution in [0.15, 0.2) is 47.6 Å². The van der Waals surface area contributed by atoms with Gasteiger partial charge in [0.25, 0.3) is 0 Å². The second kappa shape index (κ2) is 11.1. The number of nitrogens with zero attached hydrogens (tertiary/aromatic N) is 6. The summed E-state index contributed by atoms with van der Waals surface area (Å²) in [4.78, 5) is 32.0. The molecule has 1 aromatic heterocycles. The Bertz CT molecular complexity index is 1610. The zero-order valence-electron chi connectivity index (χ0n) is 23.5. The van der Waals surface area contributed by atoms with Crippen LogP contribution in [0.5, 0.6) is 0 Å². The van der Waals surface area contributed by atoms with E-state index in [0.29, 0.717) is 55.1 Å². The van der Waals surface area contributed by atoms with Crippen molar-refractivity contribution in [2.24, 2.45) is 4.99 Å². The normalized spacial score (nSPS) is 16.5. The summed E-state index contributed by atoms with van der Waals surface area (Å²) in [6, 6.07) is 10.4. The van der Waals surface area contributed by atoms with Crippen molar-refractivity contribution in [1.82, 2.24) is 14.9 Å². The number of hydrogen-bond donors (Lipinski definition) is 1. The van der Waals surface area contributed by atoms with Crippen molar-refractivity contribution in [3.63, 3.8) is 0 Å². The Morgan fingerprint density at radius 2 is 1.83 bits per heavy atom. The Labute approximate surface area is 253 Å². The van der Waals surface area contributed by atoms with Gasteiger partial charge in [-0.2, -0.15) is 4.98 Å². The largest absolute Gasteiger partial charge is 0.444 e. The van der Waals surface area contributed by atoms with Gasteiger partial charge in [0.15, 0.2) is 0 Å². The topological polar surface area (TPSA) is 86.2 Å². The zero-order chi connectivity index (χ0) is 29.6. The molecule has 6 rings (SSSR count). The van der Waals surface area contributed by atoms with Crippen molar-refractivity contribution < 1.29 is 13.9 Å². The molecule has 12 heteroatoms. The number of benzene rings is 2. The summed E-state index contributed by atoms with van der Waals surface area (Å²) in [7, 11) is 0. The predicted octanol–water partition coefficient (Wildman–Crippen LogP) is 6.50. The molecule has 42 heavy (non-hydrogen) atoms.